The van der Waals surface area contributed by atoms with Gasteiger partial charge in [0.05, 0.1) is 6.54 Å². The second-order valence-corrected chi connectivity index (χ2v) is 5.35. The molecule has 0 bridgehead atoms. The normalized spacial score (nSPS) is 10.4. The first kappa shape index (κ1) is 22.2. The third-order valence-corrected chi connectivity index (χ3v) is 2.84. The SMILES string of the molecule is C=C(C)CNC(=NCC(=O)N(C)C)NCCOc1ccccc1.I. The van der Waals surface area contributed by atoms with Crippen molar-refractivity contribution in [2.24, 2.45) is 4.99 Å². The standard InChI is InChI=1S/C17H26N4O2.HI/c1-14(2)12-19-17(20-13-16(22)21(3)4)18-10-11-23-15-8-6-5-7-9-15;/h5-9H,1,10-13H2,2-4H3,(H2,18,19,20);1H. The van der Waals surface area contributed by atoms with Crippen molar-refractivity contribution < 1.29 is 9.53 Å². The van der Waals surface area contributed by atoms with Gasteiger partial charge in [-0.05, 0) is 19.1 Å². The molecule has 0 fully saturated rings. The highest BCUT2D eigenvalue weighted by atomic mass is 127. The maximum atomic E-state index is 11.6. The fraction of sp³-hybridized carbons (Fsp3) is 0.412. The number of aliphatic imine (C=N–C) groups is 1. The van der Waals surface area contributed by atoms with Crippen LogP contribution in [-0.4, -0.2) is 57.1 Å². The van der Waals surface area contributed by atoms with Crippen LogP contribution in [0.2, 0.25) is 0 Å². The number of rotatable bonds is 8. The van der Waals surface area contributed by atoms with Crippen molar-refractivity contribution in [2.45, 2.75) is 6.92 Å². The molecule has 1 rings (SSSR count). The number of guanidine groups is 1. The molecule has 0 atom stereocenters. The summed E-state index contributed by atoms with van der Waals surface area (Å²) < 4.78 is 5.61. The largest absolute Gasteiger partial charge is 0.492 e. The number of carbonyl (C=O) groups excluding carboxylic acids is 1. The minimum Gasteiger partial charge on any atom is -0.492 e. The number of ether oxygens (including phenoxy) is 1. The topological polar surface area (TPSA) is 66.0 Å². The molecule has 0 aliphatic heterocycles. The molecule has 1 aromatic rings. The summed E-state index contributed by atoms with van der Waals surface area (Å²) in [6.45, 7) is 7.54. The maximum Gasteiger partial charge on any atom is 0.243 e. The highest BCUT2D eigenvalue weighted by Crippen LogP contribution is 2.07. The first-order valence-corrected chi connectivity index (χ1v) is 7.53. The molecule has 0 aliphatic carbocycles. The quantitative estimate of drug-likeness (QED) is 0.211. The number of nitrogens with zero attached hydrogens (tertiary/aromatic N) is 2. The number of hydrogen-bond acceptors (Lipinski definition) is 3. The molecule has 0 saturated heterocycles. The lowest BCUT2D eigenvalue weighted by Crippen LogP contribution is -2.41. The maximum absolute atomic E-state index is 11.6. The molecule has 24 heavy (non-hydrogen) atoms. The number of carbonyl (C=O) groups is 1. The zero-order valence-electron chi connectivity index (χ0n) is 14.5. The van der Waals surface area contributed by atoms with E-state index in [2.05, 4.69) is 22.2 Å². The minimum atomic E-state index is -0.0537. The van der Waals surface area contributed by atoms with Crippen LogP contribution in [0.15, 0.2) is 47.5 Å². The van der Waals surface area contributed by atoms with Crippen LogP contribution in [0, 0.1) is 0 Å². The lowest BCUT2D eigenvalue weighted by molar-refractivity contribution is -0.127. The molecule has 6 nitrogen and oxygen atoms in total. The van der Waals surface area contributed by atoms with Gasteiger partial charge in [0.15, 0.2) is 5.96 Å². The van der Waals surface area contributed by atoms with Crippen LogP contribution < -0.4 is 15.4 Å². The third-order valence-electron chi connectivity index (χ3n) is 2.84. The molecule has 0 spiro atoms. The van der Waals surface area contributed by atoms with E-state index in [1.165, 1.54) is 4.90 Å². The summed E-state index contributed by atoms with van der Waals surface area (Å²) >= 11 is 0. The molecule has 0 saturated carbocycles. The number of para-hydroxylation sites is 1. The predicted octanol–water partition coefficient (Wildman–Crippen LogP) is 1.88. The monoisotopic (exact) mass is 446 g/mol. The molecule has 1 amide bonds. The Morgan fingerprint density at radius 3 is 2.50 bits per heavy atom. The Morgan fingerprint density at radius 1 is 1.25 bits per heavy atom. The Morgan fingerprint density at radius 2 is 1.92 bits per heavy atom. The third kappa shape index (κ3) is 10.1. The lowest BCUT2D eigenvalue weighted by atomic mass is 10.3. The van der Waals surface area contributed by atoms with Gasteiger partial charge in [-0.1, -0.05) is 30.4 Å². The summed E-state index contributed by atoms with van der Waals surface area (Å²) in [6.07, 6.45) is 0. The number of benzene rings is 1. The van der Waals surface area contributed by atoms with E-state index in [-0.39, 0.29) is 36.4 Å². The summed E-state index contributed by atoms with van der Waals surface area (Å²) in [7, 11) is 3.42. The van der Waals surface area contributed by atoms with E-state index in [4.69, 9.17) is 4.74 Å². The second kappa shape index (κ2) is 12.6. The van der Waals surface area contributed by atoms with Crippen LogP contribution in [0.5, 0.6) is 5.75 Å². The zero-order valence-corrected chi connectivity index (χ0v) is 16.9. The number of amides is 1. The average Bonchev–Trinajstić information content (AvgIpc) is 2.53. The summed E-state index contributed by atoms with van der Waals surface area (Å²) in [5.41, 5.74) is 0.985. The fourth-order valence-corrected chi connectivity index (χ4v) is 1.55. The van der Waals surface area contributed by atoms with E-state index >= 15 is 0 Å². The van der Waals surface area contributed by atoms with Gasteiger partial charge in [0.25, 0.3) is 0 Å². The molecular formula is C17H27IN4O2. The zero-order chi connectivity index (χ0) is 17.1. The smallest absolute Gasteiger partial charge is 0.243 e. The Hall–Kier alpha value is -1.77. The Labute approximate surface area is 161 Å². The van der Waals surface area contributed by atoms with Crippen molar-refractivity contribution in [1.29, 1.82) is 0 Å². The average molecular weight is 446 g/mol. The van der Waals surface area contributed by atoms with Crippen LogP contribution in [0.3, 0.4) is 0 Å². The highest BCUT2D eigenvalue weighted by Gasteiger charge is 2.04. The van der Waals surface area contributed by atoms with Crippen LogP contribution in [0.4, 0.5) is 0 Å². The van der Waals surface area contributed by atoms with Gasteiger partial charge < -0.3 is 20.3 Å². The van der Waals surface area contributed by atoms with Crippen molar-refractivity contribution in [3.8, 4) is 5.75 Å². The Bertz CT molecular complexity index is 533. The molecule has 1 aromatic carbocycles. The van der Waals surface area contributed by atoms with E-state index in [1.807, 2.05) is 37.3 Å². The first-order chi connectivity index (χ1) is 11.0. The van der Waals surface area contributed by atoms with Crippen molar-refractivity contribution in [1.82, 2.24) is 15.5 Å². The van der Waals surface area contributed by atoms with Crippen molar-refractivity contribution >= 4 is 35.8 Å². The molecule has 2 N–H and O–H groups in total. The number of hydrogen-bond donors (Lipinski definition) is 2. The van der Waals surface area contributed by atoms with Gasteiger partial charge in [-0.15, -0.1) is 24.0 Å². The van der Waals surface area contributed by atoms with E-state index in [1.54, 1.807) is 14.1 Å². The van der Waals surface area contributed by atoms with Gasteiger partial charge >= 0.3 is 0 Å². The van der Waals surface area contributed by atoms with Gasteiger partial charge in [-0.2, -0.15) is 0 Å². The molecule has 134 valence electrons. The van der Waals surface area contributed by atoms with Crippen molar-refractivity contribution in [3.05, 3.63) is 42.5 Å². The molecule has 0 aromatic heterocycles. The molecule has 0 aliphatic rings. The summed E-state index contributed by atoms with van der Waals surface area (Å²) in [6, 6.07) is 9.61. The first-order valence-electron chi connectivity index (χ1n) is 7.53. The van der Waals surface area contributed by atoms with Crippen molar-refractivity contribution in [2.75, 3.05) is 40.3 Å². The van der Waals surface area contributed by atoms with Gasteiger partial charge in [0.1, 0.15) is 18.9 Å². The highest BCUT2D eigenvalue weighted by molar-refractivity contribution is 14.0. The number of halogens is 1. The molecule has 7 heteroatoms. The minimum absolute atomic E-state index is 0. The lowest BCUT2D eigenvalue weighted by Gasteiger charge is -2.14. The summed E-state index contributed by atoms with van der Waals surface area (Å²) in [5, 5.41) is 6.27. The Balaban J connectivity index is 0.00000529. The van der Waals surface area contributed by atoms with Crippen LogP contribution in [-0.2, 0) is 4.79 Å². The van der Waals surface area contributed by atoms with E-state index < -0.39 is 0 Å². The molecule has 0 unspecified atom stereocenters. The summed E-state index contributed by atoms with van der Waals surface area (Å²) in [4.78, 5) is 17.4. The molecule has 0 radical (unpaired) electrons. The van der Waals surface area contributed by atoms with E-state index in [9.17, 15) is 4.79 Å². The second-order valence-electron chi connectivity index (χ2n) is 5.35. The van der Waals surface area contributed by atoms with E-state index in [0.717, 1.165) is 11.3 Å². The van der Waals surface area contributed by atoms with Gasteiger partial charge in [0.2, 0.25) is 5.91 Å². The molecule has 0 heterocycles. The summed E-state index contributed by atoms with van der Waals surface area (Å²) in [5.74, 6) is 1.34. The van der Waals surface area contributed by atoms with Crippen molar-refractivity contribution in [3.63, 3.8) is 0 Å². The predicted molar refractivity (Wildman–Crippen MR) is 109 cm³/mol. The van der Waals surface area contributed by atoms with Crippen LogP contribution >= 0.6 is 24.0 Å². The number of nitrogens with one attached hydrogen (secondary N) is 2. The van der Waals surface area contributed by atoms with Gasteiger partial charge in [-0.3, -0.25) is 4.79 Å². The van der Waals surface area contributed by atoms with Gasteiger partial charge in [-0.25, -0.2) is 4.99 Å². The number of likely N-dealkylation sites (N-methyl/N-ethyl adjacent to an activating group) is 1. The van der Waals surface area contributed by atoms with Crippen LogP contribution in [0.1, 0.15) is 6.92 Å². The van der Waals surface area contributed by atoms with Crippen LogP contribution in [0.25, 0.3) is 0 Å². The molecular weight excluding hydrogens is 419 g/mol. The fourth-order valence-electron chi connectivity index (χ4n) is 1.55. The van der Waals surface area contributed by atoms with E-state index in [0.29, 0.717) is 25.7 Å². The van der Waals surface area contributed by atoms with Gasteiger partial charge in [0, 0.05) is 20.6 Å². The Kier molecular flexibility index (Phi) is 11.7.